The summed E-state index contributed by atoms with van der Waals surface area (Å²) < 4.78 is 99.4. The molecule has 1 unspecified atom stereocenters. The molecule has 2 aromatic rings. The van der Waals surface area contributed by atoms with Crippen molar-refractivity contribution in [3.05, 3.63) is 28.9 Å². The smallest absolute Gasteiger partial charge is 0.408 e. The molecule has 1 saturated heterocycles. The number of ether oxygens (including phenoxy) is 2. The van der Waals surface area contributed by atoms with E-state index in [1.165, 1.54) is 32.0 Å². The fourth-order valence-electron chi connectivity index (χ4n) is 7.96. The first-order valence-corrected chi connectivity index (χ1v) is 21.3. The minimum absolute atomic E-state index is 0.0643. The van der Waals surface area contributed by atoms with Gasteiger partial charge in [0.2, 0.25) is 34.1 Å². The van der Waals surface area contributed by atoms with Crippen LogP contribution >= 0.6 is 11.6 Å². The van der Waals surface area contributed by atoms with E-state index >= 15 is 8.78 Å². The number of carbonyl (C=O) groups excluding carboxylic acids is 4. The fraction of sp³-hybridized carbons (Fsp3) is 0.684. The Labute approximate surface area is 337 Å². The van der Waals surface area contributed by atoms with Crippen molar-refractivity contribution in [1.29, 1.82) is 0 Å². The quantitative estimate of drug-likeness (QED) is 0.326. The third-order valence-electron chi connectivity index (χ3n) is 12.3. The maximum absolute atomic E-state index is 16.2. The number of benzene rings is 1. The summed E-state index contributed by atoms with van der Waals surface area (Å²) in [5, 5.41) is 5.24. The van der Waals surface area contributed by atoms with Crippen LogP contribution < -0.4 is 20.1 Å². The van der Waals surface area contributed by atoms with Crippen LogP contribution in [0.1, 0.15) is 91.7 Å². The molecule has 0 radical (unpaired) electrons. The van der Waals surface area contributed by atoms with E-state index in [1.54, 1.807) is 20.8 Å². The number of alkyl halides is 4. The molecule has 3 heterocycles. The van der Waals surface area contributed by atoms with Gasteiger partial charge in [0.05, 0.1) is 28.2 Å². The third-order valence-corrected chi connectivity index (χ3v) is 14.7. The summed E-state index contributed by atoms with van der Waals surface area (Å²) in [5.74, 6) is -10.3. The van der Waals surface area contributed by atoms with Crippen molar-refractivity contribution < 1.29 is 54.6 Å². The van der Waals surface area contributed by atoms with Gasteiger partial charge in [-0.1, -0.05) is 45.7 Å². The van der Waals surface area contributed by atoms with Crippen LogP contribution in [0.15, 0.2) is 18.2 Å². The lowest BCUT2D eigenvalue weighted by Gasteiger charge is -2.36. The van der Waals surface area contributed by atoms with Crippen LogP contribution in [-0.2, 0) is 35.1 Å². The van der Waals surface area contributed by atoms with E-state index in [1.807, 2.05) is 4.72 Å². The zero-order valence-electron chi connectivity index (χ0n) is 32.6. The van der Waals surface area contributed by atoms with Gasteiger partial charge in [-0.05, 0) is 75.0 Å². The standard InChI is InChI=1S/C38H47ClF4N6O8S/c1-18-25-17-49(26(18)30(50)47-37(16-21(37)29(40)41)33(52)48-58(54,55)36(5)12-13-36)32(51)28(35(2,3)4)46-34(53)57-24-14-19(24)8-6-7-11-38(42,43)27-31(56-25)45-23-15-20(39)9-10-22(23)44-27/h9-10,15,18-19,21,24-26,28-29H,6-8,11-14,16-17H2,1-5H3,(H,46,53)(H,47,50)(H,48,52)/t18-,19?,21+,24-,25+,26+,28-,37-/m1/s1. The summed E-state index contributed by atoms with van der Waals surface area (Å²) in [7, 11) is -4.31. The number of halogens is 5. The third kappa shape index (κ3) is 8.00. The van der Waals surface area contributed by atoms with Crippen molar-refractivity contribution >= 4 is 56.5 Å². The van der Waals surface area contributed by atoms with Gasteiger partial charge in [-0.25, -0.2) is 32.0 Å². The van der Waals surface area contributed by atoms with Gasteiger partial charge in [0.15, 0.2) is 5.69 Å². The van der Waals surface area contributed by atoms with Gasteiger partial charge in [-0.3, -0.25) is 19.1 Å². The summed E-state index contributed by atoms with van der Waals surface area (Å²) in [6, 6.07) is 1.38. The Balaban J connectivity index is 1.28. The molecule has 20 heteroatoms. The first-order valence-electron chi connectivity index (χ1n) is 19.4. The van der Waals surface area contributed by atoms with E-state index in [4.69, 9.17) is 21.1 Å². The maximum Gasteiger partial charge on any atom is 0.408 e. The topological polar surface area (TPSA) is 186 Å². The highest BCUT2D eigenvalue weighted by atomic mass is 35.5. The van der Waals surface area contributed by atoms with Crippen molar-refractivity contribution in [3.8, 4) is 5.88 Å². The van der Waals surface area contributed by atoms with Crippen LogP contribution in [0.2, 0.25) is 5.02 Å². The Morgan fingerprint density at radius 3 is 2.40 bits per heavy atom. The molecular weight excluding hydrogens is 812 g/mol. The molecule has 7 rings (SSSR count). The number of rotatable bonds is 6. The molecular formula is C38H47ClF4N6O8S. The molecule has 2 aliphatic heterocycles. The highest BCUT2D eigenvalue weighted by Crippen LogP contribution is 2.50. The van der Waals surface area contributed by atoms with E-state index < -0.39 is 129 Å². The number of nitrogens with zero attached hydrogens (tertiary/aromatic N) is 3. The predicted octanol–water partition coefficient (Wildman–Crippen LogP) is 5.21. The normalized spacial score (nSPS) is 32.1. The van der Waals surface area contributed by atoms with Gasteiger partial charge < -0.3 is 25.0 Å². The molecule has 0 spiro atoms. The Morgan fingerprint density at radius 2 is 1.76 bits per heavy atom. The highest BCUT2D eigenvalue weighted by molar-refractivity contribution is 7.91. The second kappa shape index (κ2) is 14.6. The van der Waals surface area contributed by atoms with Crippen LogP contribution in [0.25, 0.3) is 11.0 Å². The van der Waals surface area contributed by atoms with Crippen LogP contribution in [0, 0.1) is 23.2 Å². The number of aromatic nitrogens is 2. The lowest BCUT2D eigenvalue weighted by atomic mass is 9.85. The Kier molecular flexibility index (Phi) is 10.6. The van der Waals surface area contributed by atoms with E-state index in [0.29, 0.717) is 19.3 Å². The number of fused-ring (bicyclic) bond motifs is 5. The molecule has 3 aliphatic carbocycles. The first-order chi connectivity index (χ1) is 27.0. The van der Waals surface area contributed by atoms with Crippen molar-refractivity contribution in [3.63, 3.8) is 0 Å². The van der Waals surface area contributed by atoms with E-state index in [0.717, 1.165) is 4.90 Å². The Hall–Kier alpha value is -4.00. The van der Waals surface area contributed by atoms with Crippen molar-refractivity contribution in [1.82, 2.24) is 30.2 Å². The van der Waals surface area contributed by atoms with Gasteiger partial charge in [-0.15, -0.1) is 0 Å². The Morgan fingerprint density at radius 1 is 1.05 bits per heavy atom. The summed E-state index contributed by atoms with van der Waals surface area (Å²) >= 11 is 6.20. The Bertz CT molecular complexity index is 2140. The lowest BCUT2D eigenvalue weighted by molar-refractivity contribution is -0.143. The van der Waals surface area contributed by atoms with Crippen molar-refractivity contribution in [2.45, 2.75) is 133 Å². The average Bonchev–Trinajstić information content (AvgIpc) is 4.07. The molecule has 318 valence electrons. The van der Waals surface area contributed by atoms with Crippen LogP contribution in [0.4, 0.5) is 22.4 Å². The minimum Gasteiger partial charge on any atom is -0.471 e. The van der Waals surface area contributed by atoms with E-state index in [2.05, 4.69) is 20.6 Å². The summed E-state index contributed by atoms with van der Waals surface area (Å²) in [6.45, 7) is 7.40. The fourth-order valence-corrected chi connectivity index (χ4v) is 9.44. The number of carbonyl (C=O) groups is 4. The second-order valence-electron chi connectivity index (χ2n) is 17.8. The van der Waals surface area contributed by atoms with Crippen LogP contribution in [0.5, 0.6) is 5.88 Å². The zero-order valence-corrected chi connectivity index (χ0v) is 34.2. The highest BCUT2D eigenvalue weighted by Gasteiger charge is 2.67. The molecule has 58 heavy (non-hydrogen) atoms. The molecule has 8 atom stereocenters. The number of hydrogen-bond acceptors (Lipinski definition) is 10. The molecule has 4 fully saturated rings. The maximum atomic E-state index is 16.2. The largest absolute Gasteiger partial charge is 0.471 e. The number of sulfonamides is 1. The summed E-state index contributed by atoms with van der Waals surface area (Å²) in [5.41, 5.74) is -3.89. The number of amides is 4. The first kappa shape index (κ1) is 42.1. The second-order valence-corrected chi connectivity index (χ2v) is 20.4. The van der Waals surface area contributed by atoms with Gasteiger partial charge in [0, 0.05) is 17.4 Å². The molecule has 4 amide bonds. The van der Waals surface area contributed by atoms with Gasteiger partial charge >= 0.3 is 6.09 Å². The molecule has 14 nitrogen and oxygen atoms in total. The van der Waals surface area contributed by atoms with Crippen LogP contribution in [0.3, 0.4) is 0 Å². The van der Waals surface area contributed by atoms with E-state index in [-0.39, 0.29) is 41.2 Å². The van der Waals surface area contributed by atoms with E-state index in [9.17, 15) is 36.4 Å². The SMILES string of the molecule is C[C@@H]1[C@@H]2CN(C(=O)[C@H](C(C)(C)C)NC(=O)O[C@@H]3CC3CCCCC(F)(F)c3nc4ccc(Cl)cc4nc3O2)[C@@H]1C(=O)N[C@]1(C(=O)NS(=O)(=O)C2(C)CC2)C[C@H]1C(F)F. The molecule has 5 aliphatic rings. The summed E-state index contributed by atoms with van der Waals surface area (Å²) in [4.78, 5) is 65.6. The molecule has 3 N–H and O–H groups in total. The number of alkyl carbamates (subject to hydrolysis) is 1. The lowest BCUT2D eigenvalue weighted by Crippen LogP contribution is -2.61. The zero-order chi connectivity index (χ0) is 42.3. The van der Waals surface area contributed by atoms with Crippen LogP contribution in [-0.4, -0.2) is 94.6 Å². The van der Waals surface area contributed by atoms with Gasteiger partial charge in [0.1, 0.15) is 29.8 Å². The number of hydrogen-bond donors (Lipinski definition) is 3. The molecule has 2 bridgehead atoms. The molecule has 3 saturated carbocycles. The van der Waals surface area contributed by atoms with Gasteiger partial charge in [0.25, 0.3) is 11.8 Å². The minimum atomic E-state index is -4.31. The molecule has 1 aromatic heterocycles. The summed E-state index contributed by atoms with van der Waals surface area (Å²) in [6.07, 6.45) is -5.00. The number of nitrogens with one attached hydrogen (secondary N) is 3. The molecule has 1 aromatic carbocycles. The van der Waals surface area contributed by atoms with Crippen molar-refractivity contribution in [2.24, 2.45) is 23.2 Å². The average molecular weight is 859 g/mol. The van der Waals surface area contributed by atoms with Crippen molar-refractivity contribution in [2.75, 3.05) is 6.54 Å². The predicted molar refractivity (Wildman–Crippen MR) is 200 cm³/mol. The van der Waals surface area contributed by atoms with Gasteiger partial charge in [-0.2, -0.15) is 8.78 Å². The monoisotopic (exact) mass is 858 g/mol.